The minimum Gasteiger partial charge on any atom is -0.463 e. The Morgan fingerprint density at radius 2 is 1.70 bits per heavy atom. The fourth-order valence-electron chi connectivity index (χ4n) is 2.36. The summed E-state index contributed by atoms with van der Waals surface area (Å²) >= 11 is 0. The molecular formula is C18H28N2O10. The lowest BCUT2D eigenvalue weighted by Gasteiger charge is -2.12. The van der Waals surface area contributed by atoms with E-state index in [4.69, 9.17) is 19.3 Å². The number of hydrogen-bond acceptors (Lipinski definition) is 10. The molecule has 1 aromatic rings. The molecule has 2 unspecified atom stereocenters. The molecule has 2 heterocycles. The number of carbonyl (C=O) groups is 2. The average Bonchev–Trinajstić information content (AvgIpc) is 3.08. The van der Waals surface area contributed by atoms with Crippen molar-refractivity contribution in [1.82, 2.24) is 9.55 Å². The third kappa shape index (κ3) is 10.9. The van der Waals surface area contributed by atoms with Crippen molar-refractivity contribution in [2.75, 3.05) is 26.4 Å². The molecule has 0 aliphatic carbocycles. The Bertz CT molecular complexity index is 753. The third-order valence-electron chi connectivity index (χ3n) is 3.67. The van der Waals surface area contributed by atoms with Crippen LogP contribution in [0.5, 0.6) is 0 Å². The van der Waals surface area contributed by atoms with E-state index in [2.05, 4.69) is 14.5 Å². The summed E-state index contributed by atoms with van der Waals surface area (Å²) in [6, 6.07) is 1.33. The summed E-state index contributed by atoms with van der Waals surface area (Å²) in [4.78, 5) is 45.1. The number of rotatable bonds is 9. The van der Waals surface area contributed by atoms with Gasteiger partial charge >= 0.3 is 17.6 Å². The maximum absolute atomic E-state index is 11.4. The second-order valence-electron chi connectivity index (χ2n) is 6.22. The Morgan fingerprint density at radius 1 is 1.13 bits per heavy atom. The first-order chi connectivity index (χ1) is 14.2. The lowest BCUT2D eigenvalue weighted by atomic mass is 10.2. The first-order valence-corrected chi connectivity index (χ1v) is 9.34. The molecule has 170 valence electrons. The average molecular weight is 432 g/mol. The minimum absolute atomic E-state index is 0.0221. The van der Waals surface area contributed by atoms with Crippen LogP contribution in [0.3, 0.4) is 0 Å². The molecule has 1 fully saturated rings. The number of esters is 2. The number of nitrogens with one attached hydrogen (secondary N) is 1. The van der Waals surface area contributed by atoms with Crippen LogP contribution in [0.4, 0.5) is 0 Å². The number of carbonyl (C=O) groups excluding carboxylic acids is 2. The van der Waals surface area contributed by atoms with Gasteiger partial charge in [0.05, 0.1) is 19.3 Å². The van der Waals surface area contributed by atoms with E-state index in [9.17, 15) is 19.2 Å². The second-order valence-corrected chi connectivity index (χ2v) is 6.22. The molecule has 0 amide bonds. The van der Waals surface area contributed by atoms with Gasteiger partial charge in [-0.2, -0.15) is 0 Å². The van der Waals surface area contributed by atoms with E-state index >= 15 is 0 Å². The highest BCUT2D eigenvalue weighted by molar-refractivity contribution is 5.66. The molecule has 0 saturated carbocycles. The van der Waals surface area contributed by atoms with E-state index in [0.29, 0.717) is 0 Å². The van der Waals surface area contributed by atoms with E-state index in [-0.39, 0.29) is 44.3 Å². The molecule has 1 aliphatic heterocycles. The van der Waals surface area contributed by atoms with Crippen LogP contribution in [0.2, 0.25) is 0 Å². The number of aliphatic hydroxyl groups is 1. The quantitative estimate of drug-likeness (QED) is 0.301. The fraction of sp³-hybridized carbons (Fsp3) is 0.667. The molecule has 0 spiro atoms. The Labute approximate surface area is 172 Å². The first-order valence-electron chi connectivity index (χ1n) is 9.34. The molecular weight excluding hydrogens is 404 g/mol. The highest BCUT2D eigenvalue weighted by Crippen LogP contribution is 2.25. The monoisotopic (exact) mass is 432 g/mol. The summed E-state index contributed by atoms with van der Waals surface area (Å²) in [5.74, 6) is -0.845. The van der Waals surface area contributed by atoms with Gasteiger partial charge in [0.15, 0.2) is 0 Å². The standard InChI is InChI=1S/C9H12N2O3.C9H16O7/c1-6-2-3-8(14-6)11-5-4-7(12)10-9(11)13;1-7(10)13-3-5-15-9(12)16-6-4-14-8(2)11/h4-6,8H,2-3H2,1H3,(H,10,12,13);9,12H,3-6H2,1-2H3. The van der Waals surface area contributed by atoms with Crippen LogP contribution in [0.25, 0.3) is 0 Å². The van der Waals surface area contributed by atoms with Crippen LogP contribution < -0.4 is 11.2 Å². The Balaban J connectivity index is 0.000000301. The van der Waals surface area contributed by atoms with Crippen LogP contribution in [0.1, 0.15) is 39.8 Å². The summed E-state index contributed by atoms with van der Waals surface area (Å²) in [6.45, 7) is 3.21. The van der Waals surface area contributed by atoms with Crippen LogP contribution in [-0.4, -0.2) is 65.6 Å². The summed E-state index contributed by atoms with van der Waals surface area (Å²) in [5, 5.41) is 9.05. The zero-order valence-corrected chi connectivity index (χ0v) is 17.2. The van der Waals surface area contributed by atoms with Gasteiger partial charge in [0.2, 0.25) is 0 Å². The maximum Gasteiger partial charge on any atom is 0.330 e. The summed E-state index contributed by atoms with van der Waals surface area (Å²) in [7, 11) is 0. The van der Waals surface area contributed by atoms with E-state index < -0.39 is 24.1 Å². The second kappa shape index (κ2) is 13.6. The van der Waals surface area contributed by atoms with Crippen molar-refractivity contribution in [2.24, 2.45) is 0 Å². The lowest BCUT2D eigenvalue weighted by molar-refractivity contribution is -0.268. The number of aromatic nitrogens is 2. The van der Waals surface area contributed by atoms with Gasteiger partial charge in [-0.05, 0) is 19.8 Å². The predicted octanol–water partition coefficient (Wildman–Crippen LogP) is -0.344. The summed E-state index contributed by atoms with van der Waals surface area (Å²) < 4.78 is 25.5. The van der Waals surface area contributed by atoms with E-state index in [1.807, 2.05) is 6.92 Å². The minimum atomic E-state index is -1.42. The molecule has 1 aliphatic rings. The lowest BCUT2D eigenvalue weighted by Crippen LogP contribution is -2.31. The maximum atomic E-state index is 11.4. The van der Waals surface area contributed by atoms with Crippen molar-refractivity contribution >= 4 is 11.9 Å². The highest BCUT2D eigenvalue weighted by Gasteiger charge is 2.23. The number of aliphatic hydroxyl groups excluding tert-OH is 1. The molecule has 12 nitrogen and oxygen atoms in total. The topological polar surface area (TPSA) is 155 Å². The van der Waals surface area contributed by atoms with E-state index in [1.54, 1.807) is 0 Å². The fourth-order valence-corrected chi connectivity index (χ4v) is 2.36. The number of aromatic amines is 1. The van der Waals surface area contributed by atoms with Crippen molar-refractivity contribution in [3.63, 3.8) is 0 Å². The van der Waals surface area contributed by atoms with Crippen molar-refractivity contribution < 1.29 is 38.4 Å². The van der Waals surface area contributed by atoms with Gasteiger partial charge < -0.3 is 28.8 Å². The molecule has 12 heteroatoms. The number of nitrogens with zero attached hydrogens (tertiary/aromatic N) is 1. The molecule has 0 bridgehead atoms. The van der Waals surface area contributed by atoms with Crippen LogP contribution in [0, 0.1) is 0 Å². The van der Waals surface area contributed by atoms with Crippen molar-refractivity contribution in [3.8, 4) is 0 Å². The van der Waals surface area contributed by atoms with Gasteiger partial charge in [-0.25, -0.2) is 4.79 Å². The normalized spacial score (nSPS) is 17.9. The molecule has 30 heavy (non-hydrogen) atoms. The van der Waals surface area contributed by atoms with Gasteiger partial charge in [0.1, 0.15) is 19.4 Å². The zero-order chi connectivity index (χ0) is 22.5. The number of ether oxygens (including phenoxy) is 5. The van der Waals surface area contributed by atoms with Gasteiger partial charge in [0.25, 0.3) is 12.0 Å². The molecule has 2 atom stereocenters. The van der Waals surface area contributed by atoms with Gasteiger partial charge in [-0.3, -0.25) is 23.9 Å². The Kier molecular flexibility index (Phi) is 11.6. The molecule has 2 N–H and O–H groups in total. The Morgan fingerprint density at radius 3 is 2.13 bits per heavy atom. The van der Waals surface area contributed by atoms with Crippen LogP contribution in [-0.2, 0) is 33.3 Å². The van der Waals surface area contributed by atoms with Crippen LogP contribution in [0.15, 0.2) is 21.9 Å². The van der Waals surface area contributed by atoms with Crippen molar-refractivity contribution in [3.05, 3.63) is 33.1 Å². The molecule has 2 rings (SSSR count). The largest absolute Gasteiger partial charge is 0.463 e. The van der Waals surface area contributed by atoms with Gasteiger partial charge in [0, 0.05) is 26.1 Å². The van der Waals surface area contributed by atoms with E-state index in [1.165, 1.54) is 30.7 Å². The number of H-pyrrole nitrogens is 1. The first kappa shape index (κ1) is 25.5. The van der Waals surface area contributed by atoms with Crippen molar-refractivity contribution in [1.29, 1.82) is 0 Å². The highest BCUT2D eigenvalue weighted by atomic mass is 16.8. The third-order valence-corrected chi connectivity index (χ3v) is 3.67. The zero-order valence-electron chi connectivity index (χ0n) is 17.2. The summed E-state index contributed by atoms with van der Waals surface area (Å²) in [5.41, 5.74) is -0.783. The predicted molar refractivity (Wildman–Crippen MR) is 101 cm³/mol. The van der Waals surface area contributed by atoms with Gasteiger partial charge in [-0.15, -0.1) is 0 Å². The van der Waals surface area contributed by atoms with Gasteiger partial charge in [-0.1, -0.05) is 0 Å². The summed E-state index contributed by atoms with van der Waals surface area (Å²) in [6.07, 6.45) is 3.18. The molecule has 1 aromatic heterocycles. The van der Waals surface area contributed by atoms with Crippen LogP contribution >= 0.6 is 0 Å². The SMILES string of the molecule is CC(=O)OCCOC(O)OCCOC(C)=O.CC1CCC(n2ccc(=O)[nH]c2=O)O1. The Hall–Kier alpha value is -2.54. The molecule has 0 radical (unpaired) electrons. The van der Waals surface area contributed by atoms with Crippen molar-refractivity contribution in [2.45, 2.75) is 52.4 Å². The molecule has 1 saturated heterocycles. The smallest absolute Gasteiger partial charge is 0.330 e. The number of hydrogen-bond donors (Lipinski definition) is 2. The molecule has 0 aromatic carbocycles. The van der Waals surface area contributed by atoms with E-state index in [0.717, 1.165) is 12.8 Å².